The van der Waals surface area contributed by atoms with Crippen LogP contribution in [0.3, 0.4) is 0 Å². The average Bonchev–Trinajstić information content (AvgIpc) is 3.99. The van der Waals surface area contributed by atoms with Crippen molar-refractivity contribution in [1.82, 2.24) is 4.57 Å². The van der Waals surface area contributed by atoms with E-state index in [1.54, 1.807) is 0 Å². The zero-order valence-corrected chi connectivity index (χ0v) is 38.7. The SMILES string of the molecule is c1ccc(-c2ccc(N(c3ccc(-c4ccc(-c5cccc(-n6c7ccccc7c7ccccc76)c5)cc4)cc3)c3ccc4c(ccc5cc(-c6ccc7c(c6)oc6ccccc67)ccc54)c3)cc2)cc1. The molecule has 3 nitrogen and oxygen atoms in total. The molecule has 2 heterocycles. The third-order valence-electron chi connectivity index (χ3n) is 14.4. The maximum absolute atomic E-state index is 6.25. The zero-order valence-electron chi connectivity index (χ0n) is 38.7. The van der Waals surface area contributed by atoms with Gasteiger partial charge in [0.1, 0.15) is 11.2 Å². The number of rotatable bonds is 8. The molecule has 12 aromatic carbocycles. The highest BCUT2D eigenvalue weighted by Gasteiger charge is 2.17. The molecule has 0 atom stereocenters. The number of furan rings is 1. The minimum absolute atomic E-state index is 0.910. The standard InChI is InChI=1S/C68H44N2O/c1-2-11-45(12-3-1)47-27-33-55(34-28-47)69(58-37-40-60-54(43-58)26-25-53-41-51(31-38-59(53)60)52-32-39-64-63-17-6-9-20-67(63)71-68(64)44-52)56-35-29-48(30-36-56)46-21-23-49(24-22-46)50-13-10-14-57(42-50)70-65-18-7-4-15-61(65)62-16-5-8-19-66(62)70/h1-44H. The fourth-order valence-electron chi connectivity index (χ4n) is 10.8. The summed E-state index contributed by atoms with van der Waals surface area (Å²) in [6.45, 7) is 0. The number of nitrogens with zero attached hydrogens (tertiary/aromatic N) is 2. The van der Waals surface area contributed by atoms with Crippen LogP contribution in [0, 0.1) is 0 Å². The molecule has 0 aliphatic rings. The van der Waals surface area contributed by atoms with Crippen LogP contribution >= 0.6 is 0 Å². The number of anilines is 3. The molecule has 14 aromatic rings. The fraction of sp³-hybridized carbons (Fsp3) is 0. The van der Waals surface area contributed by atoms with Gasteiger partial charge in [0.15, 0.2) is 0 Å². The normalized spacial score (nSPS) is 11.7. The van der Waals surface area contributed by atoms with E-state index in [2.05, 4.69) is 264 Å². The number of hydrogen-bond acceptors (Lipinski definition) is 2. The van der Waals surface area contributed by atoms with Gasteiger partial charge in [-0.3, -0.25) is 0 Å². The lowest BCUT2D eigenvalue weighted by atomic mass is 9.96. The zero-order chi connectivity index (χ0) is 46.8. The van der Waals surface area contributed by atoms with Gasteiger partial charge in [0.2, 0.25) is 0 Å². The minimum atomic E-state index is 0.910. The van der Waals surface area contributed by atoms with Crippen LogP contribution in [0.1, 0.15) is 0 Å². The fourth-order valence-corrected chi connectivity index (χ4v) is 10.8. The molecule has 332 valence electrons. The highest BCUT2D eigenvalue weighted by atomic mass is 16.3. The van der Waals surface area contributed by atoms with Gasteiger partial charge in [-0.15, -0.1) is 0 Å². The van der Waals surface area contributed by atoms with Crippen molar-refractivity contribution in [3.8, 4) is 50.2 Å². The van der Waals surface area contributed by atoms with E-state index in [0.29, 0.717) is 0 Å². The molecule has 0 saturated carbocycles. The first-order chi connectivity index (χ1) is 35.2. The molecular weight excluding hydrogens is 861 g/mol. The lowest BCUT2D eigenvalue weighted by Gasteiger charge is -2.26. The van der Waals surface area contributed by atoms with Gasteiger partial charge in [-0.05, 0) is 151 Å². The van der Waals surface area contributed by atoms with Crippen molar-refractivity contribution in [2.45, 2.75) is 0 Å². The molecule has 0 unspecified atom stereocenters. The lowest BCUT2D eigenvalue weighted by Crippen LogP contribution is -2.09. The lowest BCUT2D eigenvalue weighted by molar-refractivity contribution is 0.669. The third kappa shape index (κ3) is 7.06. The topological polar surface area (TPSA) is 21.3 Å². The molecule has 0 amide bonds. The monoisotopic (exact) mass is 904 g/mol. The molecule has 0 bridgehead atoms. The summed E-state index contributed by atoms with van der Waals surface area (Å²) in [6, 6.07) is 96.7. The molecule has 0 radical (unpaired) electrons. The molecule has 0 spiro atoms. The second-order valence-electron chi connectivity index (χ2n) is 18.5. The van der Waals surface area contributed by atoms with Gasteiger partial charge in [0.25, 0.3) is 0 Å². The van der Waals surface area contributed by atoms with Crippen molar-refractivity contribution >= 4 is 82.4 Å². The predicted octanol–water partition coefficient (Wildman–Crippen LogP) is 19.1. The Morgan fingerprint density at radius 1 is 0.254 bits per heavy atom. The molecule has 0 N–H and O–H groups in total. The van der Waals surface area contributed by atoms with Crippen molar-refractivity contribution in [3.05, 3.63) is 267 Å². The quantitative estimate of drug-likeness (QED) is 0.142. The highest BCUT2D eigenvalue weighted by Crippen LogP contribution is 2.41. The number of benzene rings is 12. The third-order valence-corrected chi connectivity index (χ3v) is 14.4. The van der Waals surface area contributed by atoms with Crippen molar-refractivity contribution in [2.75, 3.05) is 4.90 Å². The maximum atomic E-state index is 6.25. The summed E-state index contributed by atoms with van der Waals surface area (Å²) < 4.78 is 8.63. The second-order valence-corrected chi connectivity index (χ2v) is 18.5. The van der Waals surface area contributed by atoms with E-state index in [1.807, 2.05) is 12.1 Å². The molecule has 0 saturated heterocycles. The van der Waals surface area contributed by atoms with E-state index in [1.165, 1.54) is 82.3 Å². The summed E-state index contributed by atoms with van der Waals surface area (Å²) in [4.78, 5) is 2.37. The van der Waals surface area contributed by atoms with E-state index in [-0.39, 0.29) is 0 Å². The van der Waals surface area contributed by atoms with Gasteiger partial charge in [-0.2, -0.15) is 0 Å². The Labute approximate surface area is 411 Å². The van der Waals surface area contributed by atoms with Crippen LogP contribution in [-0.2, 0) is 0 Å². The van der Waals surface area contributed by atoms with Gasteiger partial charge in [0.05, 0.1) is 11.0 Å². The molecule has 71 heavy (non-hydrogen) atoms. The Morgan fingerprint density at radius 3 is 1.35 bits per heavy atom. The van der Waals surface area contributed by atoms with Gasteiger partial charge in [-0.25, -0.2) is 0 Å². The molecule has 2 aromatic heterocycles. The van der Waals surface area contributed by atoms with E-state index < -0.39 is 0 Å². The summed E-state index contributed by atoms with van der Waals surface area (Å²) in [7, 11) is 0. The largest absolute Gasteiger partial charge is 0.456 e. The first-order valence-electron chi connectivity index (χ1n) is 24.3. The van der Waals surface area contributed by atoms with Crippen LogP contribution in [0.25, 0.3) is 115 Å². The van der Waals surface area contributed by atoms with Gasteiger partial charge in [-0.1, -0.05) is 182 Å². The van der Waals surface area contributed by atoms with Crippen molar-refractivity contribution < 1.29 is 4.42 Å². The van der Waals surface area contributed by atoms with E-state index >= 15 is 0 Å². The Hall–Kier alpha value is -9.44. The molecular formula is C68H44N2O. The van der Waals surface area contributed by atoms with Crippen LogP contribution < -0.4 is 4.90 Å². The number of aromatic nitrogens is 1. The summed E-state index contributed by atoms with van der Waals surface area (Å²) in [5.41, 5.74) is 18.1. The average molecular weight is 905 g/mol. The predicted molar refractivity (Wildman–Crippen MR) is 299 cm³/mol. The maximum Gasteiger partial charge on any atom is 0.136 e. The summed E-state index contributed by atoms with van der Waals surface area (Å²) in [6.07, 6.45) is 0. The Kier molecular flexibility index (Phi) is 9.53. The van der Waals surface area contributed by atoms with Crippen LogP contribution in [-0.4, -0.2) is 4.57 Å². The van der Waals surface area contributed by atoms with Gasteiger partial charge < -0.3 is 13.9 Å². The van der Waals surface area contributed by atoms with Crippen molar-refractivity contribution in [3.63, 3.8) is 0 Å². The van der Waals surface area contributed by atoms with E-state index in [4.69, 9.17) is 4.42 Å². The van der Waals surface area contributed by atoms with E-state index in [0.717, 1.165) is 50.3 Å². The first kappa shape index (κ1) is 40.6. The Bertz CT molecular complexity index is 4260. The summed E-state index contributed by atoms with van der Waals surface area (Å²) >= 11 is 0. The van der Waals surface area contributed by atoms with Crippen LogP contribution in [0.2, 0.25) is 0 Å². The Morgan fingerprint density at radius 2 is 0.690 bits per heavy atom. The van der Waals surface area contributed by atoms with Gasteiger partial charge in [0, 0.05) is 44.3 Å². The molecule has 0 fully saturated rings. The summed E-state index contributed by atoms with van der Waals surface area (Å²) in [5.74, 6) is 0. The number of hydrogen-bond donors (Lipinski definition) is 0. The van der Waals surface area contributed by atoms with Crippen LogP contribution in [0.4, 0.5) is 17.1 Å². The molecule has 0 aliphatic heterocycles. The highest BCUT2D eigenvalue weighted by molar-refractivity contribution is 6.11. The molecule has 14 rings (SSSR count). The molecule has 0 aliphatic carbocycles. The van der Waals surface area contributed by atoms with Crippen molar-refractivity contribution in [1.29, 1.82) is 0 Å². The summed E-state index contributed by atoms with van der Waals surface area (Å²) in [5, 5.41) is 9.67. The second kappa shape index (κ2) is 16.7. The van der Waals surface area contributed by atoms with Crippen LogP contribution in [0.15, 0.2) is 271 Å². The molecule has 3 heteroatoms. The van der Waals surface area contributed by atoms with Crippen LogP contribution in [0.5, 0.6) is 0 Å². The Balaban J connectivity index is 0.783. The van der Waals surface area contributed by atoms with Gasteiger partial charge >= 0.3 is 0 Å². The van der Waals surface area contributed by atoms with Crippen molar-refractivity contribution in [2.24, 2.45) is 0 Å². The van der Waals surface area contributed by atoms with E-state index in [9.17, 15) is 0 Å². The smallest absolute Gasteiger partial charge is 0.136 e. The first-order valence-corrected chi connectivity index (χ1v) is 24.3. The number of fused-ring (bicyclic) bond motifs is 9. The minimum Gasteiger partial charge on any atom is -0.456 e. The number of para-hydroxylation sites is 3.